The van der Waals surface area contributed by atoms with Crippen LogP contribution in [0.1, 0.15) is 17.5 Å². The maximum Gasteiger partial charge on any atom is 0.314 e. The number of hydrogen-bond acceptors (Lipinski definition) is 6. The van der Waals surface area contributed by atoms with Crippen molar-refractivity contribution in [2.45, 2.75) is 20.3 Å². The van der Waals surface area contributed by atoms with Crippen LogP contribution in [0.3, 0.4) is 0 Å². The van der Waals surface area contributed by atoms with E-state index in [9.17, 15) is 10.2 Å². The van der Waals surface area contributed by atoms with Gasteiger partial charge in [-0.25, -0.2) is 0 Å². The van der Waals surface area contributed by atoms with Crippen molar-refractivity contribution in [2.24, 2.45) is 5.73 Å². The van der Waals surface area contributed by atoms with Crippen molar-refractivity contribution in [3.8, 4) is 34.3 Å². The molecule has 1 aromatic heterocycles. The maximum absolute atomic E-state index is 10.0. The lowest BCUT2D eigenvalue weighted by Crippen LogP contribution is -2.08. The molecule has 0 spiro atoms. The Balaban J connectivity index is 1.95. The van der Waals surface area contributed by atoms with Gasteiger partial charge in [-0.1, -0.05) is 6.07 Å². The van der Waals surface area contributed by atoms with Crippen molar-refractivity contribution in [2.75, 3.05) is 18.4 Å². The number of benzene rings is 2. The first kappa shape index (κ1) is 18.7. The van der Waals surface area contributed by atoms with E-state index < -0.39 is 0 Å². The Kier molecular flexibility index (Phi) is 5.57. The highest BCUT2D eigenvalue weighted by Crippen LogP contribution is 2.30. The fourth-order valence-electron chi connectivity index (χ4n) is 2.93. The number of rotatable bonds is 6. The fourth-order valence-corrected chi connectivity index (χ4v) is 2.93. The van der Waals surface area contributed by atoms with Gasteiger partial charge in [0.1, 0.15) is 5.75 Å². The molecule has 6 heteroatoms. The van der Waals surface area contributed by atoms with E-state index in [-0.39, 0.29) is 11.8 Å². The van der Waals surface area contributed by atoms with E-state index in [1.807, 2.05) is 38.1 Å². The Morgan fingerprint density at radius 3 is 2.41 bits per heavy atom. The predicted molar refractivity (Wildman–Crippen MR) is 108 cm³/mol. The van der Waals surface area contributed by atoms with Gasteiger partial charge in [0.25, 0.3) is 0 Å². The van der Waals surface area contributed by atoms with E-state index >= 15 is 0 Å². The topological polar surface area (TPSA) is 104 Å². The number of nitrogens with two attached hydrogens (primary N) is 1. The molecule has 27 heavy (non-hydrogen) atoms. The van der Waals surface area contributed by atoms with E-state index in [4.69, 9.17) is 5.73 Å². The number of aromatic nitrogens is 2. The van der Waals surface area contributed by atoms with Crippen LogP contribution in [-0.2, 0) is 0 Å². The van der Waals surface area contributed by atoms with Gasteiger partial charge < -0.3 is 21.3 Å². The molecule has 6 nitrogen and oxygen atoms in total. The number of phenols is 1. The summed E-state index contributed by atoms with van der Waals surface area (Å²) in [7, 11) is 0. The number of nitrogens with zero attached hydrogens (tertiary/aromatic N) is 2. The number of hydrogen-bond donors (Lipinski definition) is 4. The molecule has 0 atom stereocenters. The van der Waals surface area contributed by atoms with Crippen LogP contribution in [0, 0.1) is 13.8 Å². The summed E-state index contributed by atoms with van der Waals surface area (Å²) in [5.41, 5.74) is 11.3. The van der Waals surface area contributed by atoms with Crippen molar-refractivity contribution in [1.82, 2.24) is 9.97 Å². The standard InChI is InChI=1S/C21H24N4O2/c1-13-11-16(23-9-3-8-22)5-6-17(13)19-12-18(24-21(27)25-19)15-4-7-20(26)14(2)10-15/h4-7,10-12,23,26H,3,8-9,22H2,1-2H3,(H,24,25,27). The van der Waals surface area contributed by atoms with Crippen LogP contribution in [0.25, 0.3) is 22.5 Å². The van der Waals surface area contributed by atoms with Gasteiger partial charge in [0, 0.05) is 23.4 Å². The lowest BCUT2D eigenvalue weighted by atomic mass is 10.0. The second-order valence-electron chi connectivity index (χ2n) is 6.54. The number of anilines is 1. The first-order valence-electron chi connectivity index (χ1n) is 8.91. The summed E-state index contributed by atoms with van der Waals surface area (Å²) in [5.74, 6) is 0.228. The molecule has 3 aromatic rings. The third-order valence-electron chi connectivity index (χ3n) is 4.42. The van der Waals surface area contributed by atoms with Crippen molar-refractivity contribution in [1.29, 1.82) is 0 Å². The Morgan fingerprint density at radius 2 is 1.70 bits per heavy atom. The smallest absolute Gasteiger partial charge is 0.314 e. The van der Waals surface area contributed by atoms with Crippen molar-refractivity contribution in [3.05, 3.63) is 53.6 Å². The third-order valence-corrected chi connectivity index (χ3v) is 4.42. The summed E-state index contributed by atoms with van der Waals surface area (Å²) in [4.78, 5) is 8.33. The van der Waals surface area contributed by atoms with Crippen LogP contribution < -0.4 is 11.1 Å². The van der Waals surface area contributed by atoms with Crippen LogP contribution in [0.5, 0.6) is 11.8 Å². The van der Waals surface area contributed by atoms with Gasteiger partial charge in [0.05, 0.1) is 11.4 Å². The van der Waals surface area contributed by atoms with Crippen LogP contribution in [0.4, 0.5) is 5.69 Å². The highest BCUT2D eigenvalue weighted by Gasteiger charge is 2.11. The number of aryl methyl sites for hydroxylation is 2. The molecule has 1 heterocycles. The molecule has 0 aliphatic carbocycles. The molecule has 0 saturated carbocycles. The molecule has 3 rings (SSSR count). The fraction of sp³-hybridized carbons (Fsp3) is 0.238. The Hall–Kier alpha value is -3.12. The zero-order valence-electron chi connectivity index (χ0n) is 15.5. The highest BCUT2D eigenvalue weighted by atomic mass is 16.3. The molecule has 0 radical (unpaired) electrons. The number of nitrogens with one attached hydrogen (secondary N) is 1. The quantitative estimate of drug-likeness (QED) is 0.498. The monoisotopic (exact) mass is 364 g/mol. The molecule has 0 aliphatic heterocycles. The first-order chi connectivity index (χ1) is 13.0. The molecule has 0 unspecified atom stereocenters. The average molecular weight is 364 g/mol. The molecule has 0 aliphatic rings. The third kappa shape index (κ3) is 4.35. The van der Waals surface area contributed by atoms with E-state index in [2.05, 4.69) is 21.4 Å². The summed E-state index contributed by atoms with van der Waals surface area (Å²) in [6.07, 6.45) is 0.913. The molecule has 0 bridgehead atoms. The summed E-state index contributed by atoms with van der Waals surface area (Å²) < 4.78 is 0. The van der Waals surface area contributed by atoms with Crippen molar-refractivity contribution in [3.63, 3.8) is 0 Å². The zero-order chi connectivity index (χ0) is 19.4. The Labute approximate surface area is 158 Å². The largest absolute Gasteiger partial charge is 0.508 e. The van der Waals surface area contributed by atoms with Crippen molar-refractivity contribution >= 4 is 5.69 Å². The number of aromatic hydroxyl groups is 2. The van der Waals surface area contributed by atoms with Gasteiger partial charge in [0.15, 0.2) is 0 Å². The van der Waals surface area contributed by atoms with Crippen LogP contribution in [0.2, 0.25) is 0 Å². The van der Waals surface area contributed by atoms with E-state index in [1.165, 1.54) is 0 Å². The van der Waals surface area contributed by atoms with Crippen LogP contribution in [-0.4, -0.2) is 33.3 Å². The van der Waals surface area contributed by atoms with E-state index in [0.29, 0.717) is 17.9 Å². The summed E-state index contributed by atoms with van der Waals surface area (Å²) in [6, 6.07) is 12.8. The van der Waals surface area contributed by atoms with Gasteiger partial charge >= 0.3 is 6.01 Å². The van der Waals surface area contributed by atoms with E-state index in [0.717, 1.165) is 40.9 Å². The van der Waals surface area contributed by atoms with Crippen molar-refractivity contribution < 1.29 is 10.2 Å². The molecular weight excluding hydrogens is 340 g/mol. The predicted octanol–water partition coefficient (Wildman–Crippen LogP) is 3.60. The van der Waals surface area contributed by atoms with Crippen LogP contribution in [0.15, 0.2) is 42.5 Å². The molecule has 140 valence electrons. The van der Waals surface area contributed by atoms with Gasteiger partial charge in [-0.05, 0) is 74.3 Å². The SMILES string of the molecule is Cc1cc(-c2cc(-c3ccc(NCCCN)cc3C)nc(O)n2)ccc1O. The minimum Gasteiger partial charge on any atom is -0.508 e. The minimum absolute atomic E-state index is 0.228. The van der Waals surface area contributed by atoms with Gasteiger partial charge in [-0.3, -0.25) is 0 Å². The van der Waals surface area contributed by atoms with Gasteiger partial charge in [-0.15, -0.1) is 0 Å². The molecule has 0 amide bonds. The second kappa shape index (κ2) is 8.05. The lowest BCUT2D eigenvalue weighted by molar-refractivity contribution is 0.432. The molecule has 2 aromatic carbocycles. The molecule has 0 fully saturated rings. The van der Waals surface area contributed by atoms with Gasteiger partial charge in [-0.2, -0.15) is 9.97 Å². The normalized spacial score (nSPS) is 10.8. The van der Waals surface area contributed by atoms with Crippen LogP contribution >= 0.6 is 0 Å². The van der Waals surface area contributed by atoms with Gasteiger partial charge in [0.2, 0.25) is 0 Å². The molecule has 5 N–H and O–H groups in total. The number of phenolic OH excluding ortho intramolecular Hbond substituents is 1. The summed E-state index contributed by atoms with van der Waals surface area (Å²) in [5, 5.41) is 23.1. The lowest BCUT2D eigenvalue weighted by Gasteiger charge is -2.11. The second-order valence-corrected chi connectivity index (χ2v) is 6.54. The molecular formula is C21H24N4O2. The average Bonchev–Trinajstić information content (AvgIpc) is 2.64. The first-order valence-corrected chi connectivity index (χ1v) is 8.91. The Morgan fingerprint density at radius 1 is 0.926 bits per heavy atom. The maximum atomic E-state index is 10.0. The van der Waals surface area contributed by atoms with E-state index in [1.54, 1.807) is 12.1 Å². The zero-order valence-corrected chi connectivity index (χ0v) is 15.5. The minimum atomic E-state index is -0.280. The molecule has 0 saturated heterocycles. The highest BCUT2D eigenvalue weighted by molar-refractivity contribution is 5.72. The summed E-state index contributed by atoms with van der Waals surface area (Å²) >= 11 is 0. The Bertz CT molecular complexity index is 957. The summed E-state index contributed by atoms with van der Waals surface area (Å²) in [6.45, 7) is 5.31.